The van der Waals surface area contributed by atoms with Gasteiger partial charge in [-0.25, -0.2) is 4.79 Å². The van der Waals surface area contributed by atoms with E-state index in [0.717, 1.165) is 17.5 Å². The van der Waals surface area contributed by atoms with Crippen LogP contribution < -0.4 is 10.2 Å². The third-order valence-electron chi connectivity index (χ3n) is 5.68. The lowest BCUT2D eigenvalue weighted by Gasteiger charge is -2.22. The maximum Gasteiger partial charge on any atom is 0.335 e. The minimum absolute atomic E-state index is 0.153. The summed E-state index contributed by atoms with van der Waals surface area (Å²) in [5, 5.41) is 9.59. The van der Waals surface area contributed by atoms with Crippen LogP contribution in [0.3, 0.4) is 0 Å². The van der Waals surface area contributed by atoms with Gasteiger partial charge in [0.2, 0.25) is 11.2 Å². The van der Waals surface area contributed by atoms with E-state index in [4.69, 9.17) is 14.3 Å². The monoisotopic (exact) mass is 392 g/mol. The molecule has 0 radical (unpaired) electrons. The van der Waals surface area contributed by atoms with Gasteiger partial charge in [0.15, 0.2) is 0 Å². The second-order valence-electron chi connectivity index (χ2n) is 7.72. The molecule has 0 saturated heterocycles. The summed E-state index contributed by atoms with van der Waals surface area (Å²) in [6.07, 6.45) is 8.51. The number of hydrogen-bond donors (Lipinski definition) is 1. The molecule has 5 nitrogen and oxygen atoms in total. The van der Waals surface area contributed by atoms with Crippen molar-refractivity contribution in [2.75, 3.05) is 0 Å². The molecule has 1 saturated carbocycles. The van der Waals surface area contributed by atoms with Gasteiger partial charge in [0, 0.05) is 0 Å². The summed E-state index contributed by atoms with van der Waals surface area (Å²) in [4.78, 5) is 24.0. The Hall–Kier alpha value is -3.08. The highest BCUT2D eigenvalue weighted by Crippen LogP contribution is 2.29. The van der Waals surface area contributed by atoms with Gasteiger partial charge in [-0.1, -0.05) is 56.4 Å². The maximum absolute atomic E-state index is 13.1. The Morgan fingerprint density at radius 2 is 1.83 bits per heavy atom. The number of rotatable bonds is 6. The number of aromatic carboxylic acids is 1. The van der Waals surface area contributed by atoms with E-state index in [1.165, 1.54) is 50.5 Å². The molecule has 0 bridgehead atoms. The Morgan fingerprint density at radius 3 is 2.55 bits per heavy atom. The standard InChI is InChI=1S/C24H24O5/c25-23-21(28-14-17-9-11-18(12-10-17)24(26)27)15-29-20-8-4-7-19(22(20)23)13-16-5-2-1-3-6-16/h4,7-12,15-16H,1-3,5-6,13-14H2,(H,26,27). The molecule has 1 aliphatic carbocycles. The fraction of sp³-hybridized carbons (Fsp3) is 0.333. The summed E-state index contributed by atoms with van der Waals surface area (Å²) < 4.78 is 11.4. The van der Waals surface area contributed by atoms with Gasteiger partial charge in [-0.05, 0) is 41.7 Å². The van der Waals surface area contributed by atoms with E-state index in [1.54, 1.807) is 12.1 Å². The highest BCUT2D eigenvalue weighted by molar-refractivity contribution is 5.87. The minimum Gasteiger partial charge on any atom is -0.482 e. The van der Waals surface area contributed by atoms with Crippen molar-refractivity contribution in [3.05, 3.63) is 75.6 Å². The van der Waals surface area contributed by atoms with Gasteiger partial charge in [0.1, 0.15) is 18.5 Å². The van der Waals surface area contributed by atoms with Crippen LogP contribution in [0.4, 0.5) is 0 Å². The van der Waals surface area contributed by atoms with Crippen molar-refractivity contribution in [1.29, 1.82) is 0 Å². The maximum atomic E-state index is 13.1. The molecule has 1 heterocycles. The summed E-state index contributed by atoms with van der Waals surface area (Å²) in [6.45, 7) is 0.168. The second-order valence-corrected chi connectivity index (χ2v) is 7.72. The third-order valence-corrected chi connectivity index (χ3v) is 5.68. The van der Waals surface area contributed by atoms with Gasteiger partial charge < -0.3 is 14.3 Å². The lowest BCUT2D eigenvalue weighted by molar-refractivity contribution is 0.0697. The zero-order valence-electron chi connectivity index (χ0n) is 16.2. The number of ether oxygens (including phenoxy) is 1. The number of benzene rings is 2. The predicted octanol–water partition coefficient (Wildman–Crippen LogP) is 5.19. The molecule has 5 heteroatoms. The molecule has 4 rings (SSSR count). The van der Waals surface area contributed by atoms with Crippen molar-refractivity contribution in [1.82, 2.24) is 0 Å². The van der Waals surface area contributed by atoms with Gasteiger partial charge in [-0.15, -0.1) is 0 Å². The largest absolute Gasteiger partial charge is 0.482 e. The molecule has 0 aliphatic heterocycles. The molecular weight excluding hydrogens is 368 g/mol. The van der Waals surface area contributed by atoms with Crippen LogP contribution in [0.1, 0.15) is 53.6 Å². The third kappa shape index (κ3) is 4.34. The van der Waals surface area contributed by atoms with Crippen LogP contribution in [-0.2, 0) is 13.0 Å². The summed E-state index contributed by atoms with van der Waals surface area (Å²) in [7, 11) is 0. The molecule has 1 aliphatic rings. The molecule has 1 fully saturated rings. The lowest BCUT2D eigenvalue weighted by Crippen LogP contribution is -2.13. The van der Waals surface area contributed by atoms with Crippen LogP contribution in [0.5, 0.6) is 5.75 Å². The van der Waals surface area contributed by atoms with Gasteiger partial charge in [0.05, 0.1) is 10.9 Å². The number of carbonyl (C=O) groups is 1. The van der Waals surface area contributed by atoms with E-state index in [9.17, 15) is 9.59 Å². The highest BCUT2D eigenvalue weighted by Gasteiger charge is 2.18. The van der Waals surface area contributed by atoms with Crippen LogP contribution in [0.15, 0.2) is 57.9 Å². The Bertz CT molecular complexity index is 1060. The second kappa shape index (κ2) is 8.52. The van der Waals surface area contributed by atoms with Crippen molar-refractivity contribution >= 4 is 16.9 Å². The van der Waals surface area contributed by atoms with Gasteiger partial charge >= 0.3 is 5.97 Å². The Kier molecular flexibility index (Phi) is 5.65. The zero-order valence-corrected chi connectivity index (χ0v) is 16.2. The quantitative estimate of drug-likeness (QED) is 0.624. The molecule has 0 spiro atoms. The van der Waals surface area contributed by atoms with Crippen molar-refractivity contribution in [2.24, 2.45) is 5.92 Å². The smallest absolute Gasteiger partial charge is 0.335 e. The van der Waals surface area contributed by atoms with Crippen molar-refractivity contribution in [3.63, 3.8) is 0 Å². The van der Waals surface area contributed by atoms with E-state index in [0.29, 0.717) is 16.9 Å². The van der Waals surface area contributed by atoms with E-state index in [-0.39, 0.29) is 23.3 Å². The van der Waals surface area contributed by atoms with Gasteiger partial charge in [-0.2, -0.15) is 0 Å². The van der Waals surface area contributed by atoms with E-state index in [2.05, 4.69) is 0 Å². The molecule has 2 aromatic carbocycles. The minimum atomic E-state index is -0.974. The molecule has 150 valence electrons. The summed E-state index contributed by atoms with van der Waals surface area (Å²) in [5.74, 6) is -0.180. The van der Waals surface area contributed by atoms with E-state index >= 15 is 0 Å². The molecule has 0 atom stereocenters. The molecule has 3 aromatic rings. The summed E-state index contributed by atoms with van der Waals surface area (Å²) >= 11 is 0. The SMILES string of the molecule is O=C(O)c1ccc(COc2coc3cccc(CC4CCCCC4)c3c2=O)cc1. The topological polar surface area (TPSA) is 76.7 Å². The first-order valence-corrected chi connectivity index (χ1v) is 10.1. The van der Waals surface area contributed by atoms with Crippen LogP contribution in [-0.4, -0.2) is 11.1 Å². The first-order valence-electron chi connectivity index (χ1n) is 10.1. The molecule has 29 heavy (non-hydrogen) atoms. The van der Waals surface area contributed by atoms with Gasteiger partial charge in [0.25, 0.3) is 0 Å². The summed E-state index contributed by atoms with van der Waals surface area (Å²) in [6, 6.07) is 12.2. The lowest BCUT2D eigenvalue weighted by atomic mass is 9.84. The average molecular weight is 392 g/mol. The Labute approximate surface area is 168 Å². The van der Waals surface area contributed by atoms with Crippen LogP contribution in [0, 0.1) is 5.92 Å². The van der Waals surface area contributed by atoms with Crippen LogP contribution in [0.2, 0.25) is 0 Å². The Balaban J connectivity index is 1.56. The van der Waals surface area contributed by atoms with Crippen molar-refractivity contribution < 1.29 is 19.1 Å². The van der Waals surface area contributed by atoms with E-state index in [1.807, 2.05) is 18.2 Å². The first kappa shape index (κ1) is 19.2. The van der Waals surface area contributed by atoms with Crippen LogP contribution >= 0.6 is 0 Å². The Morgan fingerprint density at radius 1 is 1.07 bits per heavy atom. The molecule has 1 aromatic heterocycles. The molecular formula is C24H24O5. The van der Waals surface area contributed by atoms with Gasteiger partial charge in [-0.3, -0.25) is 4.79 Å². The molecule has 1 N–H and O–H groups in total. The van der Waals surface area contributed by atoms with Crippen LogP contribution in [0.25, 0.3) is 11.0 Å². The number of fused-ring (bicyclic) bond motifs is 1. The zero-order chi connectivity index (χ0) is 20.2. The number of hydrogen-bond acceptors (Lipinski definition) is 4. The molecule has 0 amide bonds. The normalized spacial score (nSPS) is 14.8. The predicted molar refractivity (Wildman–Crippen MR) is 110 cm³/mol. The molecule has 0 unspecified atom stereocenters. The van der Waals surface area contributed by atoms with E-state index < -0.39 is 5.97 Å². The fourth-order valence-electron chi connectivity index (χ4n) is 4.10. The fourth-order valence-corrected chi connectivity index (χ4v) is 4.10. The highest BCUT2D eigenvalue weighted by atomic mass is 16.5. The number of carboxylic acid groups (broad SMARTS) is 1. The number of carboxylic acids is 1. The van der Waals surface area contributed by atoms with Crippen molar-refractivity contribution in [3.8, 4) is 5.75 Å². The average Bonchev–Trinajstić information content (AvgIpc) is 2.74. The first-order chi connectivity index (χ1) is 14.1. The summed E-state index contributed by atoms with van der Waals surface area (Å²) in [5.41, 5.74) is 2.46. The van der Waals surface area contributed by atoms with Crippen molar-refractivity contribution in [2.45, 2.75) is 45.1 Å².